The Morgan fingerprint density at radius 1 is 1.00 bits per heavy atom. The van der Waals surface area contributed by atoms with Gasteiger partial charge < -0.3 is 9.84 Å². The summed E-state index contributed by atoms with van der Waals surface area (Å²) >= 11 is 0. The van der Waals surface area contributed by atoms with E-state index in [2.05, 4.69) is 9.73 Å². The number of hydrogen-bond acceptors (Lipinski definition) is 4. The molecule has 0 saturated heterocycles. The second kappa shape index (κ2) is 7.77. The summed E-state index contributed by atoms with van der Waals surface area (Å²) in [6.45, 7) is 0. The Bertz CT molecular complexity index is 925. The fourth-order valence-corrected chi connectivity index (χ4v) is 1.89. The lowest BCUT2D eigenvalue weighted by Crippen LogP contribution is -2.10. The maximum atomic E-state index is 13.8. The highest BCUT2D eigenvalue weighted by molar-refractivity contribution is 6.15. The summed E-state index contributed by atoms with van der Waals surface area (Å²) in [6.07, 6.45) is 0.623. The second-order valence-corrected chi connectivity index (χ2v) is 4.85. The third-order valence-electron chi connectivity index (χ3n) is 3.17. The van der Waals surface area contributed by atoms with Crippen molar-refractivity contribution in [3.8, 4) is 0 Å². The fourth-order valence-electron chi connectivity index (χ4n) is 1.89. The molecule has 0 unspecified atom stereocenters. The van der Waals surface area contributed by atoms with E-state index < -0.39 is 57.6 Å². The molecule has 26 heavy (non-hydrogen) atoms. The summed E-state index contributed by atoms with van der Waals surface area (Å²) in [5, 5.41) is 10.1. The molecule has 0 amide bonds. The van der Waals surface area contributed by atoms with Crippen molar-refractivity contribution < 1.29 is 36.6 Å². The van der Waals surface area contributed by atoms with Crippen molar-refractivity contribution in [2.75, 3.05) is 7.11 Å². The summed E-state index contributed by atoms with van der Waals surface area (Å²) in [4.78, 5) is 15.3. The molecule has 2 rings (SSSR count). The molecule has 1 N–H and O–H groups in total. The number of esters is 1. The third-order valence-corrected chi connectivity index (χ3v) is 3.17. The van der Waals surface area contributed by atoms with Crippen LogP contribution in [0.1, 0.15) is 5.56 Å². The molecule has 0 fully saturated rings. The van der Waals surface area contributed by atoms with E-state index in [1.165, 1.54) is 0 Å². The van der Waals surface area contributed by atoms with E-state index >= 15 is 0 Å². The van der Waals surface area contributed by atoms with Gasteiger partial charge in [0.2, 0.25) is 0 Å². The van der Waals surface area contributed by atoms with Crippen LogP contribution in [0.3, 0.4) is 0 Å². The van der Waals surface area contributed by atoms with Crippen molar-refractivity contribution in [3.63, 3.8) is 0 Å². The largest absolute Gasteiger partial charge is 0.506 e. The zero-order chi connectivity index (χ0) is 19.4. The number of nitrogens with zero attached hydrogens (tertiary/aromatic N) is 1. The van der Waals surface area contributed by atoms with Gasteiger partial charge in [-0.05, 0) is 18.2 Å². The number of carbonyl (C=O) groups excluding carboxylic acids is 1. The maximum absolute atomic E-state index is 13.8. The maximum Gasteiger partial charge on any atom is 0.343 e. The van der Waals surface area contributed by atoms with Crippen LogP contribution >= 0.6 is 0 Å². The van der Waals surface area contributed by atoms with E-state index in [1.54, 1.807) is 0 Å². The van der Waals surface area contributed by atoms with Crippen LogP contribution in [0.2, 0.25) is 0 Å². The Labute approximate surface area is 143 Å². The van der Waals surface area contributed by atoms with Gasteiger partial charge in [-0.2, -0.15) is 0 Å². The number of aliphatic imine (C=N–C) groups is 1. The Morgan fingerprint density at radius 2 is 1.65 bits per heavy atom. The van der Waals surface area contributed by atoms with Gasteiger partial charge >= 0.3 is 5.97 Å². The Morgan fingerprint density at radius 3 is 2.27 bits per heavy atom. The van der Waals surface area contributed by atoms with Crippen molar-refractivity contribution in [3.05, 3.63) is 70.6 Å². The molecule has 0 bridgehead atoms. The van der Waals surface area contributed by atoms with Gasteiger partial charge in [0.25, 0.3) is 0 Å². The van der Waals surface area contributed by atoms with Crippen LogP contribution in [-0.2, 0) is 9.53 Å². The predicted octanol–water partition coefficient (Wildman–Crippen LogP) is 4.23. The van der Waals surface area contributed by atoms with E-state index in [9.17, 15) is 31.9 Å². The molecule has 0 aliphatic rings. The number of benzene rings is 2. The monoisotopic (exact) mass is 371 g/mol. The zero-order valence-electron chi connectivity index (χ0n) is 13.1. The first kappa shape index (κ1) is 19.1. The topological polar surface area (TPSA) is 58.9 Å². The van der Waals surface area contributed by atoms with Crippen LogP contribution in [0.15, 0.2) is 40.9 Å². The summed E-state index contributed by atoms with van der Waals surface area (Å²) in [5.74, 6) is -8.58. The van der Waals surface area contributed by atoms with Gasteiger partial charge in [0.05, 0.1) is 18.4 Å². The zero-order valence-corrected chi connectivity index (χ0v) is 13.1. The van der Waals surface area contributed by atoms with Crippen molar-refractivity contribution in [2.24, 2.45) is 4.99 Å². The van der Waals surface area contributed by atoms with Crippen molar-refractivity contribution in [1.82, 2.24) is 0 Å². The minimum absolute atomic E-state index is 0.173. The molecule has 0 spiro atoms. The first-order valence-electron chi connectivity index (χ1n) is 6.90. The number of ether oxygens (including phenoxy) is 1. The Balaban J connectivity index is 2.56. The predicted molar refractivity (Wildman–Crippen MR) is 82.4 cm³/mol. The molecular weight excluding hydrogens is 361 g/mol. The lowest BCUT2D eigenvalue weighted by atomic mass is 10.1. The Hall–Kier alpha value is -3.23. The highest BCUT2D eigenvalue weighted by Gasteiger charge is 2.20. The van der Waals surface area contributed by atoms with Crippen LogP contribution in [0.5, 0.6) is 0 Å². The first-order valence-corrected chi connectivity index (χ1v) is 6.90. The molecule has 0 aliphatic heterocycles. The number of hydrogen-bond donors (Lipinski definition) is 1. The summed E-state index contributed by atoms with van der Waals surface area (Å²) in [6, 6.07) is 2.88. The SMILES string of the molecule is COC(=O)C(C=Nc1ccc(F)cc1F)=C(O)c1cc(F)c(F)cc1F. The standard InChI is InChI=1S/C17H10F5NO3/c1-26-17(25)10(7-23-15-3-2-8(18)4-14(15)22)16(24)9-5-12(20)13(21)6-11(9)19/h2-7,24H,1H3. The summed E-state index contributed by atoms with van der Waals surface area (Å²) < 4.78 is 70.9. The molecule has 2 aromatic rings. The molecule has 2 aromatic carbocycles. The van der Waals surface area contributed by atoms with Gasteiger partial charge in [0, 0.05) is 18.3 Å². The average Bonchev–Trinajstić information content (AvgIpc) is 2.59. The van der Waals surface area contributed by atoms with Gasteiger partial charge in [-0.25, -0.2) is 26.7 Å². The molecule has 0 radical (unpaired) electrons. The van der Waals surface area contributed by atoms with Crippen molar-refractivity contribution >= 4 is 23.6 Å². The summed E-state index contributed by atoms with van der Waals surface area (Å²) in [7, 11) is 0.934. The van der Waals surface area contributed by atoms with Gasteiger partial charge in [-0.1, -0.05) is 0 Å². The molecule has 136 valence electrons. The number of aliphatic hydroxyl groups is 1. The molecule has 9 heteroatoms. The van der Waals surface area contributed by atoms with Crippen molar-refractivity contribution in [1.29, 1.82) is 0 Å². The van der Waals surface area contributed by atoms with Gasteiger partial charge in [-0.15, -0.1) is 0 Å². The summed E-state index contributed by atoms with van der Waals surface area (Å²) in [5.41, 5.74) is -2.00. The molecular formula is C17H10F5NO3. The van der Waals surface area contributed by atoms with E-state index in [0.717, 1.165) is 19.2 Å². The van der Waals surface area contributed by atoms with Crippen LogP contribution in [0, 0.1) is 29.1 Å². The normalized spacial score (nSPS) is 12.2. The molecule has 0 aliphatic carbocycles. The number of carbonyl (C=O) groups is 1. The minimum Gasteiger partial charge on any atom is -0.506 e. The van der Waals surface area contributed by atoms with Gasteiger partial charge in [-0.3, -0.25) is 4.99 Å². The first-order chi connectivity index (χ1) is 12.2. The molecule has 0 atom stereocenters. The molecule has 0 heterocycles. The quantitative estimate of drug-likeness (QED) is 0.219. The molecule has 0 saturated carbocycles. The Kier molecular flexibility index (Phi) is 5.71. The fraction of sp³-hybridized carbons (Fsp3) is 0.0588. The van der Waals surface area contributed by atoms with Crippen molar-refractivity contribution in [2.45, 2.75) is 0 Å². The third kappa shape index (κ3) is 4.05. The van der Waals surface area contributed by atoms with Crippen LogP contribution in [-0.4, -0.2) is 24.4 Å². The van der Waals surface area contributed by atoms with E-state index in [0.29, 0.717) is 18.3 Å². The highest BCUT2D eigenvalue weighted by Crippen LogP contribution is 2.24. The van der Waals surface area contributed by atoms with Gasteiger partial charge in [0.15, 0.2) is 17.5 Å². The molecule has 4 nitrogen and oxygen atoms in total. The smallest absolute Gasteiger partial charge is 0.343 e. The number of methoxy groups -OCH3 is 1. The number of aliphatic hydroxyl groups excluding tert-OH is 1. The van der Waals surface area contributed by atoms with E-state index in [-0.39, 0.29) is 6.07 Å². The number of halogens is 5. The average molecular weight is 371 g/mol. The second-order valence-electron chi connectivity index (χ2n) is 4.85. The lowest BCUT2D eigenvalue weighted by molar-refractivity contribution is -0.135. The van der Waals surface area contributed by atoms with Crippen LogP contribution in [0.4, 0.5) is 27.6 Å². The van der Waals surface area contributed by atoms with Gasteiger partial charge in [0.1, 0.15) is 23.0 Å². The van der Waals surface area contributed by atoms with Crippen LogP contribution in [0.25, 0.3) is 5.76 Å². The van der Waals surface area contributed by atoms with E-state index in [1.807, 2.05) is 0 Å². The molecule has 0 aromatic heterocycles. The van der Waals surface area contributed by atoms with E-state index in [4.69, 9.17) is 0 Å². The minimum atomic E-state index is -1.50. The highest BCUT2D eigenvalue weighted by atomic mass is 19.2. The number of rotatable bonds is 4. The van der Waals surface area contributed by atoms with Crippen LogP contribution < -0.4 is 0 Å². The lowest BCUT2D eigenvalue weighted by Gasteiger charge is -2.07.